The molecule has 1 fully saturated rings. The maximum absolute atomic E-state index is 12.1. The quantitative estimate of drug-likeness (QED) is 0.777. The molecule has 0 aromatic carbocycles. The molecule has 5 nitrogen and oxygen atoms in total. The van der Waals surface area contributed by atoms with Crippen molar-refractivity contribution in [3.63, 3.8) is 0 Å². The van der Waals surface area contributed by atoms with E-state index in [9.17, 15) is 8.42 Å². The molecule has 2 N–H and O–H groups in total. The molecule has 1 aliphatic rings. The van der Waals surface area contributed by atoms with Gasteiger partial charge in [-0.3, -0.25) is 0 Å². The van der Waals surface area contributed by atoms with Crippen molar-refractivity contribution in [3.8, 4) is 0 Å². The summed E-state index contributed by atoms with van der Waals surface area (Å²) in [5.74, 6) is 0. The number of nitrogens with one attached hydrogen (secondary N) is 1. The fraction of sp³-hybridized carbons (Fsp3) is 0.556. The number of sulfonamides is 1. The van der Waals surface area contributed by atoms with Gasteiger partial charge in [-0.2, -0.15) is 4.31 Å². The Balaban J connectivity index is 2.30. The van der Waals surface area contributed by atoms with Crippen molar-refractivity contribution in [2.75, 3.05) is 13.2 Å². The smallest absolute Gasteiger partial charge is 0.244 e. The van der Waals surface area contributed by atoms with Crippen LogP contribution in [0, 0.1) is 0 Å². The van der Waals surface area contributed by atoms with Gasteiger partial charge in [-0.15, -0.1) is 0 Å². The molecule has 1 saturated heterocycles. The molecule has 1 unspecified atom stereocenters. The lowest BCUT2D eigenvalue weighted by Gasteiger charge is -2.21. The summed E-state index contributed by atoms with van der Waals surface area (Å²) in [6, 6.07) is 1.27. The zero-order chi connectivity index (χ0) is 10.9. The van der Waals surface area contributed by atoms with Crippen LogP contribution in [0.1, 0.15) is 12.8 Å². The lowest BCUT2D eigenvalue weighted by molar-refractivity contribution is 0.213. The second kappa shape index (κ2) is 3.96. The number of aromatic amines is 1. The van der Waals surface area contributed by atoms with E-state index in [1.165, 1.54) is 16.6 Å². The third kappa shape index (κ3) is 1.80. The number of aliphatic hydroxyl groups is 1. The third-order valence-corrected chi connectivity index (χ3v) is 4.66. The van der Waals surface area contributed by atoms with E-state index < -0.39 is 10.0 Å². The van der Waals surface area contributed by atoms with E-state index in [1.54, 1.807) is 6.20 Å². The van der Waals surface area contributed by atoms with Crippen LogP contribution in [0.5, 0.6) is 0 Å². The van der Waals surface area contributed by atoms with Crippen LogP contribution < -0.4 is 0 Å². The van der Waals surface area contributed by atoms with Gasteiger partial charge in [-0.25, -0.2) is 8.42 Å². The zero-order valence-electron chi connectivity index (χ0n) is 8.26. The van der Waals surface area contributed by atoms with Crippen molar-refractivity contribution in [2.45, 2.75) is 23.8 Å². The van der Waals surface area contributed by atoms with Gasteiger partial charge in [0.2, 0.25) is 10.0 Å². The van der Waals surface area contributed by atoms with E-state index in [4.69, 9.17) is 5.11 Å². The molecular weight excluding hydrogens is 216 g/mol. The maximum atomic E-state index is 12.1. The molecule has 1 aromatic heterocycles. The Morgan fingerprint density at radius 2 is 2.40 bits per heavy atom. The molecule has 0 radical (unpaired) electrons. The number of rotatable bonds is 3. The van der Waals surface area contributed by atoms with E-state index in [0.29, 0.717) is 6.54 Å². The van der Waals surface area contributed by atoms with Crippen molar-refractivity contribution >= 4 is 10.0 Å². The Hall–Kier alpha value is -0.850. The van der Waals surface area contributed by atoms with Gasteiger partial charge in [0.05, 0.1) is 11.5 Å². The predicted molar refractivity (Wildman–Crippen MR) is 54.8 cm³/mol. The summed E-state index contributed by atoms with van der Waals surface area (Å²) in [5.41, 5.74) is 0. The van der Waals surface area contributed by atoms with E-state index in [-0.39, 0.29) is 17.5 Å². The van der Waals surface area contributed by atoms with Gasteiger partial charge in [-0.05, 0) is 18.9 Å². The highest BCUT2D eigenvalue weighted by molar-refractivity contribution is 7.89. The maximum Gasteiger partial charge on any atom is 0.244 e. The molecule has 0 spiro atoms. The number of aromatic nitrogens is 1. The molecule has 0 bridgehead atoms. The number of aliphatic hydroxyl groups excluding tert-OH is 1. The molecule has 2 rings (SSSR count). The Kier molecular flexibility index (Phi) is 2.81. The minimum Gasteiger partial charge on any atom is -0.395 e. The molecule has 6 heteroatoms. The molecule has 1 aromatic rings. The number of nitrogens with zero attached hydrogens (tertiary/aromatic N) is 1. The minimum absolute atomic E-state index is 0.107. The van der Waals surface area contributed by atoms with E-state index in [1.807, 2.05) is 0 Å². The van der Waals surface area contributed by atoms with E-state index >= 15 is 0 Å². The SMILES string of the molecule is O=S(=O)(c1cc[nH]c1)N1CCCC1CO. The van der Waals surface area contributed by atoms with Gasteiger partial charge >= 0.3 is 0 Å². The third-order valence-electron chi connectivity index (χ3n) is 2.71. The van der Waals surface area contributed by atoms with E-state index in [2.05, 4.69) is 4.98 Å². The van der Waals surface area contributed by atoms with Crippen LogP contribution in [-0.2, 0) is 10.0 Å². The fourth-order valence-electron chi connectivity index (χ4n) is 1.91. The van der Waals surface area contributed by atoms with Crippen LogP contribution in [0.15, 0.2) is 23.4 Å². The average molecular weight is 230 g/mol. The Morgan fingerprint density at radius 3 is 3.00 bits per heavy atom. The summed E-state index contributed by atoms with van der Waals surface area (Å²) in [6.45, 7) is 0.391. The van der Waals surface area contributed by atoms with Gasteiger partial charge in [0.15, 0.2) is 0 Å². The van der Waals surface area contributed by atoms with Gasteiger partial charge < -0.3 is 10.1 Å². The number of hydrogen-bond acceptors (Lipinski definition) is 3. The van der Waals surface area contributed by atoms with Crippen LogP contribution >= 0.6 is 0 Å². The van der Waals surface area contributed by atoms with Gasteiger partial charge in [0.25, 0.3) is 0 Å². The largest absolute Gasteiger partial charge is 0.395 e. The van der Waals surface area contributed by atoms with Crippen molar-refractivity contribution in [1.82, 2.24) is 9.29 Å². The Bertz CT molecular complexity index is 413. The molecule has 0 aliphatic carbocycles. The minimum atomic E-state index is -3.41. The van der Waals surface area contributed by atoms with Crippen molar-refractivity contribution < 1.29 is 13.5 Å². The first kappa shape index (κ1) is 10.7. The topological polar surface area (TPSA) is 73.4 Å². The highest BCUT2D eigenvalue weighted by Gasteiger charge is 2.34. The monoisotopic (exact) mass is 230 g/mol. The van der Waals surface area contributed by atoms with Gasteiger partial charge in [0, 0.05) is 25.0 Å². The molecular formula is C9H14N2O3S. The van der Waals surface area contributed by atoms with Crippen molar-refractivity contribution in [1.29, 1.82) is 0 Å². The average Bonchev–Trinajstić information content (AvgIpc) is 2.89. The highest BCUT2D eigenvalue weighted by Crippen LogP contribution is 2.25. The molecule has 84 valence electrons. The second-order valence-electron chi connectivity index (χ2n) is 3.64. The normalized spacial score (nSPS) is 23.4. The zero-order valence-corrected chi connectivity index (χ0v) is 9.07. The van der Waals surface area contributed by atoms with Gasteiger partial charge in [0.1, 0.15) is 0 Å². The summed E-state index contributed by atoms with van der Waals surface area (Å²) in [5, 5.41) is 9.08. The molecule has 1 atom stereocenters. The summed E-state index contributed by atoms with van der Waals surface area (Å²) in [7, 11) is -3.41. The first-order valence-corrected chi connectivity index (χ1v) is 6.36. The van der Waals surface area contributed by atoms with Gasteiger partial charge in [-0.1, -0.05) is 0 Å². The van der Waals surface area contributed by atoms with Crippen LogP contribution in [0.25, 0.3) is 0 Å². The molecule has 2 heterocycles. The lowest BCUT2D eigenvalue weighted by Crippen LogP contribution is -2.37. The summed E-state index contributed by atoms with van der Waals surface area (Å²) in [6.07, 6.45) is 4.59. The molecule has 0 amide bonds. The van der Waals surface area contributed by atoms with Crippen molar-refractivity contribution in [3.05, 3.63) is 18.5 Å². The first-order chi connectivity index (χ1) is 7.16. The Morgan fingerprint density at radius 1 is 1.60 bits per heavy atom. The lowest BCUT2D eigenvalue weighted by atomic mass is 10.2. The Labute approximate surface area is 88.8 Å². The highest BCUT2D eigenvalue weighted by atomic mass is 32.2. The van der Waals surface area contributed by atoms with Crippen LogP contribution in [0.3, 0.4) is 0 Å². The second-order valence-corrected chi connectivity index (χ2v) is 5.53. The summed E-state index contributed by atoms with van der Waals surface area (Å²) in [4.78, 5) is 2.99. The number of hydrogen-bond donors (Lipinski definition) is 2. The fourth-order valence-corrected chi connectivity index (χ4v) is 3.57. The van der Waals surface area contributed by atoms with Crippen LogP contribution in [0.4, 0.5) is 0 Å². The molecule has 0 saturated carbocycles. The van der Waals surface area contributed by atoms with Crippen LogP contribution in [-0.4, -0.2) is 42.0 Å². The first-order valence-electron chi connectivity index (χ1n) is 4.92. The summed E-state index contributed by atoms with van der Waals surface area (Å²) >= 11 is 0. The molecule has 1 aliphatic heterocycles. The standard InChI is InChI=1S/C9H14N2O3S/c12-7-8-2-1-5-11(8)15(13,14)9-3-4-10-6-9/h3-4,6,8,10,12H,1-2,5,7H2. The van der Waals surface area contributed by atoms with E-state index in [0.717, 1.165) is 12.8 Å². The predicted octanol–water partition coefficient (Wildman–Crippen LogP) is 0.160. The molecule has 15 heavy (non-hydrogen) atoms. The number of H-pyrrole nitrogens is 1. The van der Waals surface area contributed by atoms with Crippen LogP contribution in [0.2, 0.25) is 0 Å². The summed E-state index contributed by atoms with van der Waals surface area (Å²) < 4.78 is 25.5. The van der Waals surface area contributed by atoms with Crippen molar-refractivity contribution in [2.24, 2.45) is 0 Å².